The molecule has 162 valence electrons. The number of aromatic amines is 1. The maximum absolute atomic E-state index is 12.6. The minimum atomic E-state index is -0.193. The van der Waals surface area contributed by atoms with E-state index in [-0.39, 0.29) is 5.78 Å². The van der Waals surface area contributed by atoms with Gasteiger partial charge in [0.25, 0.3) is 0 Å². The van der Waals surface area contributed by atoms with E-state index in [9.17, 15) is 4.79 Å². The number of carbonyl (C=O) groups excluding carboxylic acids is 1. The number of nitrogens with one attached hydrogen (secondary N) is 1. The second-order valence-electron chi connectivity index (χ2n) is 6.42. The third kappa shape index (κ3) is 4.80. The second kappa shape index (κ2) is 9.71. The van der Waals surface area contributed by atoms with Crippen LogP contribution in [0, 0.1) is 0 Å². The fourth-order valence-corrected chi connectivity index (χ4v) is 3.01. The lowest BCUT2D eigenvalue weighted by atomic mass is 10.1. The molecule has 0 saturated heterocycles. The quantitative estimate of drug-likeness (QED) is 0.410. The average Bonchev–Trinajstić information content (AvgIpc) is 3.30. The van der Waals surface area contributed by atoms with Gasteiger partial charge in [-0.1, -0.05) is 0 Å². The number of ether oxygens (including phenoxy) is 5. The van der Waals surface area contributed by atoms with Crippen LogP contribution in [0.1, 0.15) is 16.1 Å². The molecule has 0 aliphatic heterocycles. The zero-order valence-corrected chi connectivity index (χ0v) is 18.0. The molecule has 1 heterocycles. The van der Waals surface area contributed by atoms with Crippen LogP contribution < -0.4 is 23.7 Å². The molecule has 2 aromatic carbocycles. The molecule has 31 heavy (non-hydrogen) atoms. The highest BCUT2D eigenvalue weighted by Gasteiger charge is 2.15. The van der Waals surface area contributed by atoms with Gasteiger partial charge in [0.05, 0.1) is 46.9 Å². The van der Waals surface area contributed by atoms with Crippen LogP contribution in [-0.4, -0.2) is 51.5 Å². The van der Waals surface area contributed by atoms with E-state index in [2.05, 4.69) is 10.2 Å². The van der Waals surface area contributed by atoms with Crippen molar-refractivity contribution in [3.8, 4) is 40.0 Å². The molecule has 0 fully saturated rings. The molecule has 1 aromatic heterocycles. The Balaban J connectivity index is 1.85. The first-order valence-corrected chi connectivity index (χ1v) is 9.34. The van der Waals surface area contributed by atoms with Crippen LogP contribution in [-0.2, 0) is 0 Å². The van der Waals surface area contributed by atoms with E-state index in [0.717, 1.165) is 5.56 Å². The molecule has 8 heteroatoms. The summed E-state index contributed by atoms with van der Waals surface area (Å²) in [4.78, 5) is 12.6. The molecule has 3 rings (SSSR count). The average molecular weight is 424 g/mol. The van der Waals surface area contributed by atoms with Crippen molar-refractivity contribution in [3.63, 3.8) is 0 Å². The largest absolute Gasteiger partial charge is 0.497 e. The molecule has 8 nitrogen and oxygen atoms in total. The van der Waals surface area contributed by atoms with Crippen LogP contribution in [0.2, 0.25) is 0 Å². The van der Waals surface area contributed by atoms with E-state index in [0.29, 0.717) is 45.7 Å². The Kier molecular flexibility index (Phi) is 6.81. The second-order valence-corrected chi connectivity index (χ2v) is 6.42. The summed E-state index contributed by atoms with van der Waals surface area (Å²) in [5, 5.41) is 7.23. The highest BCUT2D eigenvalue weighted by atomic mass is 16.5. The molecule has 0 radical (unpaired) electrons. The number of carbonyl (C=O) groups is 1. The summed E-state index contributed by atoms with van der Waals surface area (Å²) in [6, 6.07) is 10.4. The van der Waals surface area contributed by atoms with Gasteiger partial charge in [-0.15, -0.1) is 0 Å². The Morgan fingerprint density at radius 3 is 1.94 bits per heavy atom. The fraction of sp³-hybridized carbons (Fsp3) is 0.217. The number of nitrogens with zero attached hydrogens (tertiary/aromatic N) is 1. The Morgan fingerprint density at radius 2 is 1.42 bits per heavy atom. The van der Waals surface area contributed by atoms with Gasteiger partial charge in [-0.25, -0.2) is 0 Å². The van der Waals surface area contributed by atoms with Crippen LogP contribution in [0.5, 0.6) is 28.7 Å². The molecule has 3 aromatic rings. The lowest BCUT2D eigenvalue weighted by molar-refractivity contribution is 0.104. The Morgan fingerprint density at radius 1 is 0.806 bits per heavy atom. The van der Waals surface area contributed by atoms with Crippen molar-refractivity contribution < 1.29 is 28.5 Å². The van der Waals surface area contributed by atoms with Crippen molar-refractivity contribution in [2.24, 2.45) is 0 Å². The smallest absolute Gasteiger partial charge is 0.203 e. The van der Waals surface area contributed by atoms with Gasteiger partial charge in [0.15, 0.2) is 17.3 Å². The summed E-state index contributed by atoms with van der Waals surface area (Å²) >= 11 is 0. The number of aromatic nitrogens is 2. The molecular weight excluding hydrogens is 400 g/mol. The van der Waals surface area contributed by atoms with E-state index in [1.54, 1.807) is 57.7 Å². The number of ketones is 1. The number of benzene rings is 2. The zero-order chi connectivity index (χ0) is 22.4. The van der Waals surface area contributed by atoms with E-state index >= 15 is 0 Å². The first-order valence-electron chi connectivity index (χ1n) is 9.34. The molecule has 0 unspecified atom stereocenters. The first-order chi connectivity index (χ1) is 15.0. The Labute approximate surface area is 180 Å². The van der Waals surface area contributed by atoms with Crippen LogP contribution in [0.25, 0.3) is 17.3 Å². The SMILES string of the molecule is COc1cc(OC)cc(C(=O)C=Cc2cc(-c3cc(OC)c(OC)c(OC)c3)n[nH]2)c1. The molecule has 0 aliphatic carbocycles. The molecule has 0 spiro atoms. The summed E-state index contributed by atoms with van der Waals surface area (Å²) in [7, 11) is 7.73. The maximum Gasteiger partial charge on any atom is 0.203 e. The summed E-state index contributed by atoms with van der Waals surface area (Å²) in [5.74, 6) is 2.45. The topological polar surface area (TPSA) is 91.9 Å². The Hall–Kier alpha value is -3.94. The molecule has 0 bridgehead atoms. The summed E-state index contributed by atoms with van der Waals surface area (Å²) in [6.45, 7) is 0. The predicted molar refractivity (Wildman–Crippen MR) is 117 cm³/mol. The van der Waals surface area contributed by atoms with Gasteiger partial charge in [0, 0.05) is 17.2 Å². The van der Waals surface area contributed by atoms with Crippen LogP contribution in [0.4, 0.5) is 0 Å². The predicted octanol–water partition coefficient (Wildman–Crippen LogP) is 4.02. The van der Waals surface area contributed by atoms with Crippen LogP contribution in [0.15, 0.2) is 42.5 Å². The molecule has 0 amide bonds. The number of methoxy groups -OCH3 is 5. The van der Waals surface area contributed by atoms with E-state index in [4.69, 9.17) is 23.7 Å². The van der Waals surface area contributed by atoms with Crippen molar-refractivity contribution in [2.45, 2.75) is 0 Å². The van der Waals surface area contributed by atoms with Gasteiger partial charge >= 0.3 is 0 Å². The van der Waals surface area contributed by atoms with Gasteiger partial charge in [-0.2, -0.15) is 5.10 Å². The van der Waals surface area contributed by atoms with Gasteiger partial charge in [0.2, 0.25) is 5.75 Å². The number of rotatable bonds is 9. The zero-order valence-electron chi connectivity index (χ0n) is 18.0. The lowest BCUT2D eigenvalue weighted by Gasteiger charge is -2.13. The van der Waals surface area contributed by atoms with Crippen molar-refractivity contribution in [1.82, 2.24) is 10.2 Å². The molecule has 1 N–H and O–H groups in total. The maximum atomic E-state index is 12.6. The van der Waals surface area contributed by atoms with Crippen molar-refractivity contribution in [1.29, 1.82) is 0 Å². The van der Waals surface area contributed by atoms with Crippen molar-refractivity contribution in [3.05, 3.63) is 53.7 Å². The number of H-pyrrole nitrogens is 1. The van der Waals surface area contributed by atoms with Gasteiger partial charge < -0.3 is 23.7 Å². The van der Waals surface area contributed by atoms with Gasteiger partial charge in [-0.05, 0) is 42.5 Å². The fourth-order valence-electron chi connectivity index (χ4n) is 3.01. The van der Waals surface area contributed by atoms with E-state index < -0.39 is 0 Å². The van der Waals surface area contributed by atoms with Crippen molar-refractivity contribution >= 4 is 11.9 Å². The van der Waals surface area contributed by atoms with E-state index in [1.807, 2.05) is 6.07 Å². The van der Waals surface area contributed by atoms with Crippen LogP contribution >= 0.6 is 0 Å². The molecular formula is C23H24N2O6. The monoisotopic (exact) mass is 424 g/mol. The minimum Gasteiger partial charge on any atom is -0.497 e. The first kappa shape index (κ1) is 21.8. The van der Waals surface area contributed by atoms with Gasteiger partial charge in [-0.3, -0.25) is 9.89 Å². The third-order valence-corrected chi connectivity index (χ3v) is 4.61. The number of allylic oxidation sites excluding steroid dienone is 1. The van der Waals surface area contributed by atoms with Crippen molar-refractivity contribution in [2.75, 3.05) is 35.5 Å². The van der Waals surface area contributed by atoms with E-state index in [1.165, 1.54) is 20.3 Å². The summed E-state index contributed by atoms with van der Waals surface area (Å²) in [5.41, 5.74) is 2.55. The third-order valence-electron chi connectivity index (χ3n) is 4.61. The van der Waals surface area contributed by atoms with Crippen LogP contribution in [0.3, 0.4) is 0 Å². The van der Waals surface area contributed by atoms with Gasteiger partial charge in [0.1, 0.15) is 11.5 Å². The molecule has 0 atom stereocenters. The Bertz CT molecular complexity index is 1060. The molecule has 0 saturated carbocycles. The lowest BCUT2D eigenvalue weighted by Crippen LogP contribution is -1.97. The highest BCUT2D eigenvalue weighted by Crippen LogP contribution is 2.40. The summed E-state index contributed by atoms with van der Waals surface area (Å²) < 4.78 is 26.6. The highest BCUT2D eigenvalue weighted by molar-refractivity contribution is 6.07. The molecule has 0 aliphatic rings. The number of hydrogen-bond donors (Lipinski definition) is 1. The standard InChI is InChI=1S/C23H24N2O6/c1-27-17-8-15(9-18(13-17)28-2)20(26)7-6-16-12-19(25-24-16)14-10-21(29-3)23(31-5)22(11-14)30-4/h6-13H,1-5H3,(H,24,25). The number of hydrogen-bond acceptors (Lipinski definition) is 7. The summed E-state index contributed by atoms with van der Waals surface area (Å²) in [6.07, 6.45) is 3.11. The normalized spacial score (nSPS) is 10.7. The minimum absolute atomic E-state index is 0.193.